The molecule has 0 aliphatic rings. The van der Waals surface area contributed by atoms with Gasteiger partial charge in [-0.3, -0.25) is 14.4 Å². The van der Waals surface area contributed by atoms with E-state index in [0.29, 0.717) is 11.1 Å². The number of phenols is 2. The summed E-state index contributed by atoms with van der Waals surface area (Å²) in [7, 11) is 0. The van der Waals surface area contributed by atoms with Crippen LogP contribution in [0.25, 0.3) is 0 Å². The Labute approximate surface area is 204 Å². The van der Waals surface area contributed by atoms with E-state index in [-0.39, 0.29) is 33.4 Å². The molecule has 1 aromatic heterocycles. The summed E-state index contributed by atoms with van der Waals surface area (Å²) >= 11 is 0.909. The molecule has 0 spiro atoms. The van der Waals surface area contributed by atoms with E-state index in [1.165, 1.54) is 42.5 Å². The van der Waals surface area contributed by atoms with Crippen molar-refractivity contribution in [2.24, 2.45) is 0 Å². The molecular formula is C24H23N3O7S. The van der Waals surface area contributed by atoms with E-state index in [1.54, 1.807) is 19.1 Å². The van der Waals surface area contributed by atoms with Crippen molar-refractivity contribution in [3.8, 4) is 11.5 Å². The van der Waals surface area contributed by atoms with Gasteiger partial charge in [-0.25, -0.2) is 4.79 Å². The topological polar surface area (TPSA) is 165 Å². The number of aromatic hydroxyl groups is 2. The molecule has 10 nitrogen and oxygen atoms in total. The molecule has 3 amide bonds. The highest BCUT2D eigenvalue weighted by molar-refractivity contribution is 7.16. The Morgan fingerprint density at radius 2 is 1.57 bits per heavy atom. The molecule has 11 heteroatoms. The SMILES string of the molecule is Cc1cc(C(=O)NCc2cccc(O)c2)sc1C(=O)N[C@@H](CNC(=O)c1cccc(O)c1)C(=O)O. The Balaban J connectivity index is 1.61. The zero-order valence-electron chi connectivity index (χ0n) is 18.6. The van der Waals surface area contributed by atoms with Crippen LogP contribution in [0.4, 0.5) is 0 Å². The molecule has 0 unspecified atom stereocenters. The Hall–Kier alpha value is -4.38. The van der Waals surface area contributed by atoms with Gasteiger partial charge in [-0.1, -0.05) is 18.2 Å². The number of aliphatic carboxylic acids is 1. The fraction of sp³-hybridized carbons (Fsp3) is 0.167. The maximum Gasteiger partial charge on any atom is 0.328 e. The zero-order chi connectivity index (χ0) is 25.5. The largest absolute Gasteiger partial charge is 0.508 e. The maximum absolute atomic E-state index is 12.7. The molecular weight excluding hydrogens is 474 g/mol. The minimum Gasteiger partial charge on any atom is -0.508 e. The van der Waals surface area contributed by atoms with Crippen molar-refractivity contribution in [1.82, 2.24) is 16.0 Å². The number of carboxylic acids is 1. The van der Waals surface area contributed by atoms with Gasteiger partial charge >= 0.3 is 5.97 Å². The van der Waals surface area contributed by atoms with E-state index in [1.807, 2.05) is 0 Å². The lowest BCUT2D eigenvalue weighted by atomic mass is 10.2. The third-order valence-electron chi connectivity index (χ3n) is 4.89. The highest BCUT2D eigenvalue weighted by atomic mass is 32.1. The Bertz CT molecular complexity index is 1270. The summed E-state index contributed by atoms with van der Waals surface area (Å²) in [6.45, 7) is 1.40. The zero-order valence-corrected chi connectivity index (χ0v) is 19.4. The Morgan fingerprint density at radius 1 is 0.886 bits per heavy atom. The second-order valence-electron chi connectivity index (χ2n) is 7.60. The first-order valence-corrected chi connectivity index (χ1v) is 11.2. The van der Waals surface area contributed by atoms with Crippen LogP contribution >= 0.6 is 11.3 Å². The molecule has 3 aromatic rings. The highest BCUT2D eigenvalue weighted by Gasteiger charge is 2.24. The Morgan fingerprint density at radius 3 is 2.23 bits per heavy atom. The summed E-state index contributed by atoms with van der Waals surface area (Å²) in [5, 5.41) is 35.9. The van der Waals surface area contributed by atoms with E-state index in [9.17, 15) is 34.5 Å². The number of benzene rings is 2. The van der Waals surface area contributed by atoms with Crippen molar-refractivity contribution in [3.63, 3.8) is 0 Å². The quantitative estimate of drug-likeness (QED) is 0.263. The molecule has 0 aliphatic heterocycles. The average molecular weight is 498 g/mol. The molecule has 0 bridgehead atoms. The van der Waals surface area contributed by atoms with Gasteiger partial charge in [0.2, 0.25) is 0 Å². The summed E-state index contributed by atoms with van der Waals surface area (Å²) < 4.78 is 0. The first-order valence-electron chi connectivity index (χ1n) is 10.4. The molecule has 182 valence electrons. The smallest absolute Gasteiger partial charge is 0.328 e. The van der Waals surface area contributed by atoms with Crippen molar-refractivity contribution < 1.29 is 34.5 Å². The fourth-order valence-electron chi connectivity index (χ4n) is 3.12. The fourth-order valence-corrected chi connectivity index (χ4v) is 4.12. The van der Waals surface area contributed by atoms with Gasteiger partial charge in [0.05, 0.1) is 9.75 Å². The van der Waals surface area contributed by atoms with Crippen molar-refractivity contribution >= 4 is 35.0 Å². The molecule has 0 radical (unpaired) electrons. The average Bonchev–Trinajstić information content (AvgIpc) is 3.21. The number of hydrogen-bond acceptors (Lipinski definition) is 7. The van der Waals surface area contributed by atoms with E-state index in [4.69, 9.17) is 0 Å². The van der Waals surface area contributed by atoms with E-state index >= 15 is 0 Å². The number of hydrogen-bond donors (Lipinski definition) is 6. The van der Waals surface area contributed by atoms with Crippen LogP contribution in [0.15, 0.2) is 54.6 Å². The molecule has 3 rings (SSSR count). The van der Waals surface area contributed by atoms with Crippen LogP contribution in [0.3, 0.4) is 0 Å². The van der Waals surface area contributed by atoms with Crippen molar-refractivity contribution in [2.75, 3.05) is 6.54 Å². The van der Waals surface area contributed by atoms with Gasteiger partial charge in [0.15, 0.2) is 0 Å². The van der Waals surface area contributed by atoms with Crippen molar-refractivity contribution in [2.45, 2.75) is 19.5 Å². The van der Waals surface area contributed by atoms with Gasteiger partial charge in [-0.2, -0.15) is 0 Å². The predicted octanol–water partition coefficient (Wildman–Crippen LogP) is 2.01. The summed E-state index contributed by atoms with van der Waals surface area (Å²) in [4.78, 5) is 49.5. The van der Waals surface area contributed by atoms with Crippen molar-refractivity contribution in [1.29, 1.82) is 0 Å². The van der Waals surface area contributed by atoms with Gasteiger partial charge in [0.1, 0.15) is 17.5 Å². The Kier molecular flexibility index (Phi) is 8.05. The molecule has 0 fully saturated rings. The number of aryl methyl sites for hydroxylation is 1. The van der Waals surface area contributed by atoms with Gasteiger partial charge < -0.3 is 31.3 Å². The van der Waals surface area contributed by atoms with Gasteiger partial charge in [0.25, 0.3) is 17.7 Å². The first kappa shape index (κ1) is 25.2. The lowest BCUT2D eigenvalue weighted by Gasteiger charge is -2.15. The molecule has 0 aliphatic carbocycles. The monoisotopic (exact) mass is 497 g/mol. The summed E-state index contributed by atoms with van der Waals surface area (Å²) in [6, 6.07) is 12.1. The molecule has 0 saturated carbocycles. The number of amides is 3. The van der Waals surface area contributed by atoms with Crippen LogP contribution in [0.2, 0.25) is 0 Å². The molecule has 1 heterocycles. The number of phenolic OH excluding ortho intramolecular Hbond substituents is 2. The summed E-state index contributed by atoms with van der Waals surface area (Å²) in [5.41, 5.74) is 1.32. The predicted molar refractivity (Wildman–Crippen MR) is 128 cm³/mol. The molecule has 0 saturated heterocycles. The van der Waals surface area contributed by atoms with Crippen LogP contribution in [-0.4, -0.2) is 51.6 Å². The van der Waals surface area contributed by atoms with E-state index < -0.39 is 36.3 Å². The minimum atomic E-state index is -1.42. The molecule has 1 atom stereocenters. The number of carboxylic acid groups (broad SMARTS) is 1. The number of nitrogens with one attached hydrogen (secondary N) is 3. The molecule has 2 aromatic carbocycles. The van der Waals surface area contributed by atoms with Crippen LogP contribution in [0.1, 0.15) is 40.8 Å². The van der Waals surface area contributed by atoms with Crippen LogP contribution in [-0.2, 0) is 11.3 Å². The second kappa shape index (κ2) is 11.2. The van der Waals surface area contributed by atoms with E-state index in [0.717, 1.165) is 11.3 Å². The van der Waals surface area contributed by atoms with E-state index in [2.05, 4.69) is 16.0 Å². The van der Waals surface area contributed by atoms with Gasteiger partial charge in [-0.15, -0.1) is 11.3 Å². The van der Waals surface area contributed by atoms with Crippen LogP contribution < -0.4 is 16.0 Å². The summed E-state index contributed by atoms with van der Waals surface area (Å²) in [5.74, 6) is -3.12. The lowest BCUT2D eigenvalue weighted by Crippen LogP contribution is -2.48. The lowest BCUT2D eigenvalue weighted by molar-refractivity contribution is -0.139. The first-order chi connectivity index (χ1) is 16.6. The maximum atomic E-state index is 12.7. The second-order valence-corrected chi connectivity index (χ2v) is 8.65. The van der Waals surface area contributed by atoms with Crippen LogP contribution in [0, 0.1) is 6.92 Å². The van der Waals surface area contributed by atoms with Gasteiger partial charge in [0, 0.05) is 18.7 Å². The third kappa shape index (κ3) is 6.81. The number of carbonyl (C=O) groups excluding carboxylic acids is 3. The molecule has 35 heavy (non-hydrogen) atoms. The van der Waals surface area contributed by atoms with Gasteiger partial charge in [-0.05, 0) is 54.4 Å². The number of thiophene rings is 1. The highest BCUT2D eigenvalue weighted by Crippen LogP contribution is 2.22. The summed E-state index contributed by atoms with van der Waals surface area (Å²) in [6.07, 6.45) is 0. The normalized spacial score (nSPS) is 11.3. The minimum absolute atomic E-state index is 0.0776. The standard InChI is InChI=1S/C24H23N3O7S/c1-13-8-19(22(31)25-11-14-4-2-6-16(28)9-14)35-20(13)23(32)27-18(24(33)34)12-26-21(30)15-5-3-7-17(29)10-15/h2-10,18,28-29H,11-12H2,1H3,(H,25,31)(H,26,30)(H,27,32)(H,33,34)/t18-/m0/s1. The third-order valence-corrected chi connectivity index (χ3v) is 6.12. The van der Waals surface area contributed by atoms with Crippen LogP contribution in [0.5, 0.6) is 11.5 Å². The molecule has 6 N–H and O–H groups in total. The van der Waals surface area contributed by atoms with Crippen molar-refractivity contribution in [3.05, 3.63) is 81.0 Å². The number of rotatable bonds is 9. The number of carbonyl (C=O) groups is 4.